The molecule has 35 heavy (non-hydrogen) atoms. The number of aromatic nitrogens is 5. The van der Waals surface area contributed by atoms with Crippen LogP contribution in [0.3, 0.4) is 0 Å². The fourth-order valence-electron chi connectivity index (χ4n) is 3.05. The Labute approximate surface area is 194 Å². The summed E-state index contributed by atoms with van der Waals surface area (Å²) in [5.41, 5.74) is -1.35. The second-order valence-electron chi connectivity index (χ2n) is 7.87. The van der Waals surface area contributed by atoms with Gasteiger partial charge in [0.15, 0.2) is 5.82 Å². The average molecular weight is 494 g/mol. The Hall–Kier alpha value is -4.02. The monoisotopic (exact) mass is 494 g/mol. The summed E-state index contributed by atoms with van der Waals surface area (Å²) < 4.78 is 78.5. The molecular weight excluding hydrogens is 478 g/mol. The summed E-state index contributed by atoms with van der Waals surface area (Å²) >= 11 is 0. The Balaban J connectivity index is 1.72. The lowest BCUT2D eigenvalue weighted by molar-refractivity contribution is -0.141. The first-order valence-corrected chi connectivity index (χ1v) is 10.2. The molecule has 3 aromatic rings. The maximum atomic E-state index is 13.1. The van der Waals surface area contributed by atoms with E-state index in [4.69, 9.17) is 0 Å². The van der Waals surface area contributed by atoms with E-state index in [9.17, 15) is 31.6 Å². The van der Waals surface area contributed by atoms with Crippen molar-refractivity contribution in [2.24, 2.45) is 0 Å². The molecule has 0 aliphatic heterocycles. The molecule has 4 rings (SSSR count). The molecule has 1 saturated carbocycles. The largest absolute Gasteiger partial charge is 0.433 e. The summed E-state index contributed by atoms with van der Waals surface area (Å²) in [4.78, 5) is 19.5. The molecular formula is C21H16F6N8. The van der Waals surface area contributed by atoms with Gasteiger partial charge in [-0.05, 0) is 44.0 Å². The Morgan fingerprint density at radius 1 is 1.00 bits per heavy atom. The van der Waals surface area contributed by atoms with Crippen molar-refractivity contribution in [3.05, 3.63) is 47.9 Å². The maximum Gasteiger partial charge on any atom is 0.433 e. The van der Waals surface area contributed by atoms with Gasteiger partial charge in [0.2, 0.25) is 11.9 Å². The lowest BCUT2D eigenvalue weighted by atomic mass is 10.0. The molecule has 1 aliphatic rings. The van der Waals surface area contributed by atoms with Crippen molar-refractivity contribution < 1.29 is 26.3 Å². The molecule has 1 aliphatic carbocycles. The van der Waals surface area contributed by atoms with Gasteiger partial charge in [-0.25, -0.2) is 4.98 Å². The standard InChI is InChI=1S/C21H16F6N8/c1-11(20(22,23)24)30-17-33-16(13-3-2-4-14(32-13)21(25,26)27)34-18(35-17)31-12-5-8-29-15(9-12)19(10-28)6-7-19/h2-5,8-9,11H,6-7H2,1H3,(H2,29,30,31,33,34,35). The van der Waals surface area contributed by atoms with Crippen LogP contribution in [0.15, 0.2) is 36.5 Å². The topological polar surface area (TPSA) is 112 Å². The van der Waals surface area contributed by atoms with Crippen LogP contribution in [-0.2, 0) is 11.6 Å². The molecule has 182 valence electrons. The molecule has 0 amide bonds. The molecule has 1 fully saturated rings. The van der Waals surface area contributed by atoms with Gasteiger partial charge in [-0.2, -0.15) is 46.6 Å². The van der Waals surface area contributed by atoms with E-state index in [0.29, 0.717) is 24.2 Å². The van der Waals surface area contributed by atoms with Gasteiger partial charge in [0.1, 0.15) is 17.4 Å². The van der Waals surface area contributed by atoms with Crippen LogP contribution < -0.4 is 10.6 Å². The van der Waals surface area contributed by atoms with E-state index in [1.807, 2.05) is 0 Å². The van der Waals surface area contributed by atoms with E-state index in [0.717, 1.165) is 19.1 Å². The van der Waals surface area contributed by atoms with E-state index in [-0.39, 0.29) is 17.5 Å². The molecule has 0 bridgehead atoms. The highest BCUT2D eigenvalue weighted by Crippen LogP contribution is 2.47. The number of alkyl halides is 6. The van der Waals surface area contributed by atoms with Crippen molar-refractivity contribution in [3.8, 4) is 17.6 Å². The third kappa shape index (κ3) is 5.39. The molecule has 3 heterocycles. The summed E-state index contributed by atoms with van der Waals surface area (Å²) in [6.07, 6.45) is -6.66. The van der Waals surface area contributed by atoms with E-state index >= 15 is 0 Å². The van der Waals surface area contributed by atoms with Crippen molar-refractivity contribution >= 4 is 17.6 Å². The van der Waals surface area contributed by atoms with Crippen LogP contribution in [0, 0.1) is 11.3 Å². The number of anilines is 3. The fraction of sp³-hybridized carbons (Fsp3) is 0.333. The average Bonchev–Trinajstić information content (AvgIpc) is 3.59. The van der Waals surface area contributed by atoms with E-state index in [1.165, 1.54) is 18.3 Å². The van der Waals surface area contributed by atoms with Crippen molar-refractivity contribution in [3.63, 3.8) is 0 Å². The molecule has 3 aromatic heterocycles. The first-order chi connectivity index (χ1) is 16.4. The van der Waals surface area contributed by atoms with E-state index < -0.39 is 35.5 Å². The lowest BCUT2D eigenvalue weighted by Crippen LogP contribution is -2.34. The molecule has 0 aromatic carbocycles. The number of rotatable bonds is 6. The minimum Gasteiger partial charge on any atom is -0.343 e. The molecule has 0 spiro atoms. The smallest absolute Gasteiger partial charge is 0.343 e. The van der Waals surface area contributed by atoms with Gasteiger partial charge >= 0.3 is 12.4 Å². The Kier molecular flexibility index (Phi) is 5.95. The van der Waals surface area contributed by atoms with Gasteiger partial charge in [0, 0.05) is 11.9 Å². The van der Waals surface area contributed by atoms with Crippen LogP contribution in [0.5, 0.6) is 0 Å². The second kappa shape index (κ2) is 8.64. The zero-order chi connectivity index (χ0) is 25.4. The summed E-state index contributed by atoms with van der Waals surface area (Å²) in [6, 6.07) is 6.27. The number of pyridine rings is 2. The molecule has 0 saturated heterocycles. The SMILES string of the molecule is CC(Nc1nc(Nc2ccnc(C3(C#N)CC3)c2)nc(-c2cccc(C(F)(F)F)n2)n1)C(F)(F)F. The lowest BCUT2D eigenvalue weighted by Gasteiger charge is -2.18. The van der Waals surface area contributed by atoms with Crippen molar-refractivity contribution in [2.75, 3.05) is 10.6 Å². The molecule has 8 nitrogen and oxygen atoms in total. The van der Waals surface area contributed by atoms with Gasteiger partial charge in [0.25, 0.3) is 0 Å². The highest BCUT2D eigenvalue weighted by molar-refractivity contribution is 5.60. The Morgan fingerprint density at radius 2 is 1.71 bits per heavy atom. The van der Waals surface area contributed by atoms with Crippen LogP contribution in [0.25, 0.3) is 11.5 Å². The summed E-state index contributed by atoms with van der Waals surface area (Å²) in [6.45, 7) is 0.838. The van der Waals surface area contributed by atoms with Crippen molar-refractivity contribution in [1.29, 1.82) is 5.26 Å². The van der Waals surface area contributed by atoms with Crippen molar-refractivity contribution in [2.45, 2.75) is 43.6 Å². The van der Waals surface area contributed by atoms with Gasteiger partial charge < -0.3 is 10.6 Å². The highest BCUT2D eigenvalue weighted by atomic mass is 19.4. The highest BCUT2D eigenvalue weighted by Gasteiger charge is 2.46. The minimum absolute atomic E-state index is 0.245. The quantitative estimate of drug-likeness (QED) is 0.460. The summed E-state index contributed by atoms with van der Waals surface area (Å²) in [7, 11) is 0. The Bertz CT molecular complexity index is 1280. The number of nitriles is 1. The minimum atomic E-state index is -4.75. The molecule has 2 N–H and O–H groups in total. The summed E-state index contributed by atoms with van der Waals surface area (Å²) in [5.74, 6) is -1.15. The van der Waals surface area contributed by atoms with Crippen molar-refractivity contribution in [1.82, 2.24) is 24.9 Å². The normalized spacial score (nSPS) is 15.7. The molecule has 0 radical (unpaired) electrons. The van der Waals surface area contributed by atoms with Gasteiger partial charge in [-0.1, -0.05) is 6.07 Å². The number of hydrogen-bond acceptors (Lipinski definition) is 8. The van der Waals surface area contributed by atoms with E-state index in [1.54, 1.807) is 6.07 Å². The molecule has 1 unspecified atom stereocenters. The summed E-state index contributed by atoms with van der Waals surface area (Å²) in [5, 5.41) is 14.3. The van der Waals surface area contributed by atoms with Gasteiger partial charge in [-0.3, -0.25) is 4.98 Å². The number of nitrogens with one attached hydrogen (secondary N) is 2. The molecule has 1 atom stereocenters. The zero-order valence-corrected chi connectivity index (χ0v) is 17.9. The molecule has 14 heteroatoms. The number of halogens is 6. The second-order valence-corrected chi connectivity index (χ2v) is 7.87. The fourth-order valence-corrected chi connectivity index (χ4v) is 3.05. The first kappa shape index (κ1) is 24.1. The van der Waals surface area contributed by atoms with E-state index in [2.05, 4.69) is 41.6 Å². The number of nitrogens with zero attached hydrogens (tertiary/aromatic N) is 6. The van der Waals surface area contributed by atoms with Crippen LogP contribution >= 0.6 is 0 Å². The third-order valence-electron chi connectivity index (χ3n) is 5.21. The van der Waals surface area contributed by atoms with Gasteiger partial charge in [0.05, 0.1) is 17.2 Å². The zero-order valence-electron chi connectivity index (χ0n) is 17.9. The predicted molar refractivity (Wildman–Crippen MR) is 111 cm³/mol. The first-order valence-electron chi connectivity index (χ1n) is 10.2. The predicted octanol–water partition coefficient (Wildman–Crippen LogP) is 5.01. The van der Waals surface area contributed by atoms with Crippen LogP contribution in [0.4, 0.5) is 43.9 Å². The maximum absolute atomic E-state index is 13.1. The van der Waals surface area contributed by atoms with Crippen LogP contribution in [-0.4, -0.2) is 37.1 Å². The van der Waals surface area contributed by atoms with Crippen LogP contribution in [0.1, 0.15) is 31.2 Å². The van der Waals surface area contributed by atoms with Crippen LogP contribution in [0.2, 0.25) is 0 Å². The number of hydrogen-bond donors (Lipinski definition) is 2. The Morgan fingerprint density at radius 3 is 2.34 bits per heavy atom. The van der Waals surface area contributed by atoms with Gasteiger partial charge in [-0.15, -0.1) is 0 Å². The third-order valence-corrected chi connectivity index (χ3v) is 5.21.